The summed E-state index contributed by atoms with van der Waals surface area (Å²) in [4.78, 5) is 6.63. The van der Waals surface area contributed by atoms with Gasteiger partial charge in [0.2, 0.25) is 0 Å². The number of hydrogen-bond donors (Lipinski definition) is 1. The van der Waals surface area contributed by atoms with Crippen molar-refractivity contribution in [3.8, 4) is 0 Å². The standard InChI is InChI=1S/C16H14N2S/c1-11-4-2-3-5-15(11)19-16-7-6-14(17)13-10-18-9-8-12(13)16/h2-10H,17H2,1H3. The molecule has 3 rings (SSSR count). The molecule has 19 heavy (non-hydrogen) atoms. The Morgan fingerprint density at radius 3 is 2.63 bits per heavy atom. The van der Waals surface area contributed by atoms with Gasteiger partial charge < -0.3 is 5.73 Å². The van der Waals surface area contributed by atoms with E-state index in [9.17, 15) is 0 Å². The van der Waals surface area contributed by atoms with Gasteiger partial charge in [-0.05, 0) is 36.8 Å². The fourth-order valence-electron chi connectivity index (χ4n) is 2.06. The van der Waals surface area contributed by atoms with Crippen LogP contribution < -0.4 is 5.73 Å². The van der Waals surface area contributed by atoms with Crippen LogP contribution >= 0.6 is 11.8 Å². The van der Waals surface area contributed by atoms with Crippen molar-refractivity contribution in [1.29, 1.82) is 0 Å². The number of pyridine rings is 1. The minimum atomic E-state index is 0.775. The number of nitrogen functional groups attached to an aromatic ring is 1. The van der Waals surface area contributed by atoms with Gasteiger partial charge in [-0.1, -0.05) is 30.0 Å². The number of rotatable bonds is 2. The smallest absolute Gasteiger partial charge is 0.0410 e. The van der Waals surface area contributed by atoms with E-state index in [2.05, 4.69) is 42.2 Å². The highest BCUT2D eigenvalue weighted by Gasteiger charge is 2.06. The molecule has 0 aliphatic carbocycles. The van der Waals surface area contributed by atoms with E-state index in [0.29, 0.717) is 0 Å². The number of aromatic nitrogens is 1. The predicted molar refractivity (Wildman–Crippen MR) is 81.5 cm³/mol. The van der Waals surface area contributed by atoms with Crippen LogP contribution in [0.5, 0.6) is 0 Å². The number of nitrogens with two attached hydrogens (primary N) is 1. The molecule has 0 aliphatic heterocycles. The molecule has 0 radical (unpaired) electrons. The van der Waals surface area contributed by atoms with E-state index >= 15 is 0 Å². The average molecular weight is 266 g/mol. The van der Waals surface area contributed by atoms with Gasteiger partial charge in [0.15, 0.2) is 0 Å². The largest absolute Gasteiger partial charge is 0.398 e. The second kappa shape index (κ2) is 4.94. The second-order valence-corrected chi connectivity index (χ2v) is 5.53. The molecule has 2 aromatic carbocycles. The summed E-state index contributed by atoms with van der Waals surface area (Å²) >= 11 is 1.77. The van der Waals surface area contributed by atoms with Crippen LogP contribution in [0, 0.1) is 6.92 Å². The Morgan fingerprint density at radius 2 is 1.79 bits per heavy atom. The SMILES string of the molecule is Cc1ccccc1Sc1ccc(N)c2cnccc12. The van der Waals surface area contributed by atoms with Gasteiger partial charge in [-0.2, -0.15) is 0 Å². The normalized spacial score (nSPS) is 10.8. The molecular weight excluding hydrogens is 252 g/mol. The zero-order chi connectivity index (χ0) is 13.2. The van der Waals surface area contributed by atoms with Crippen LogP contribution in [-0.4, -0.2) is 4.98 Å². The molecule has 0 fully saturated rings. The molecule has 3 aromatic rings. The first-order valence-corrected chi connectivity index (χ1v) is 6.93. The molecule has 0 saturated heterocycles. The van der Waals surface area contributed by atoms with Crippen molar-refractivity contribution < 1.29 is 0 Å². The highest BCUT2D eigenvalue weighted by atomic mass is 32.2. The number of anilines is 1. The number of nitrogens with zero attached hydrogens (tertiary/aromatic N) is 1. The molecule has 0 spiro atoms. The topological polar surface area (TPSA) is 38.9 Å². The summed E-state index contributed by atoms with van der Waals surface area (Å²) in [6.07, 6.45) is 3.64. The van der Waals surface area contributed by atoms with E-state index in [1.807, 2.05) is 24.5 Å². The van der Waals surface area contributed by atoms with Crippen LogP contribution in [0.3, 0.4) is 0 Å². The molecule has 0 unspecified atom stereocenters. The zero-order valence-electron chi connectivity index (χ0n) is 10.6. The van der Waals surface area contributed by atoms with Crippen molar-refractivity contribution in [1.82, 2.24) is 4.98 Å². The van der Waals surface area contributed by atoms with Crippen molar-refractivity contribution in [3.05, 3.63) is 60.4 Å². The average Bonchev–Trinajstić information content (AvgIpc) is 2.44. The monoisotopic (exact) mass is 266 g/mol. The first kappa shape index (κ1) is 12.1. The van der Waals surface area contributed by atoms with Crippen LogP contribution in [0.15, 0.2) is 64.6 Å². The minimum absolute atomic E-state index is 0.775. The number of benzene rings is 2. The van der Waals surface area contributed by atoms with E-state index in [0.717, 1.165) is 16.5 Å². The van der Waals surface area contributed by atoms with E-state index in [1.54, 1.807) is 11.8 Å². The molecule has 3 heteroatoms. The summed E-state index contributed by atoms with van der Waals surface area (Å²) < 4.78 is 0. The van der Waals surface area contributed by atoms with Crippen LogP contribution in [0.2, 0.25) is 0 Å². The number of hydrogen-bond acceptors (Lipinski definition) is 3. The Hall–Kier alpha value is -2.00. The van der Waals surface area contributed by atoms with E-state index < -0.39 is 0 Å². The summed E-state index contributed by atoms with van der Waals surface area (Å²) in [5.74, 6) is 0. The third-order valence-electron chi connectivity index (χ3n) is 3.13. The molecular formula is C16H14N2S. The molecule has 94 valence electrons. The number of fused-ring (bicyclic) bond motifs is 1. The Labute approximate surface area is 116 Å². The number of aryl methyl sites for hydroxylation is 1. The predicted octanol–water partition coefficient (Wildman–Crippen LogP) is 4.28. The lowest BCUT2D eigenvalue weighted by Gasteiger charge is -2.09. The first-order chi connectivity index (χ1) is 9.25. The lowest BCUT2D eigenvalue weighted by molar-refractivity contribution is 1.30. The fraction of sp³-hybridized carbons (Fsp3) is 0.0625. The maximum Gasteiger partial charge on any atom is 0.0410 e. The van der Waals surface area contributed by atoms with E-state index in [-0.39, 0.29) is 0 Å². The van der Waals surface area contributed by atoms with Gasteiger partial charge in [0.25, 0.3) is 0 Å². The zero-order valence-corrected chi connectivity index (χ0v) is 11.4. The summed E-state index contributed by atoms with van der Waals surface area (Å²) in [7, 11) is 0. The molecule has 0 bridgehead atoms. The van der Waals surface area contributed by atoms with Crippen molar-refractivity contribution >= 4 is 28.2 Å². The summed E-state index contributed by atoms with van der Waals surface area (Å²) in [5.41, 5.74) is 8.06. The molecule has 1 aromatic heterocycles. The lowest BCUT2D eigenvalue weighted by Crippen LogP contribution is -1.89. The summed E-state index contributed by atoms with van der Waals surface area (Å²) in [6, 6.07) is 14.4. The van der Waals surface area contributed by atoms with E-state index in [1.165, 1.54) is 15.4 Å². The second-order valence-electron chi connectivity index (χ2n) is 4.44. The van der Waals surface area contributed by atoms with Gasteiger partial charge in [-0.3, -0.25) is 4.98 Å². The van der Waals surface area contributed by atoms with Crippen molar-refractivity contribution in [2.75, 3.05) is 5.73 Å². The Kier molecular flexibility index (Phi) is 3.13. The van der Waals surface area contributed by atoms with Gasteiger partial charge >= 0.3 is 0 Å². The Morgan fingerprint density at radius 1 is 0.947 bits per heavy atom. The molecule has 0 amide bonds. The Balaban J connectivity index is 2.12. The van der Waals surface area contributed by atoms with Crippen LogP contribution in [-0.2, 0) is 0 Å². The quantitative estimate of drug-likeness (QED) is 0.704. The highest BCUT2D eigenvalue weighted by Crippen LogP contribution is 2.36. The molecule has 1 heterocycles. The summed E-state index contributed by atoms with van der Waals surface area (Å²) in [6.45, 7) is 2.13. The lowest BCUT2D eigenvalue weighted by atomic mass is 10.1. The van der Waals surface area contributed by atoms with Crippen LogP contribution in [0.4, 0.5) is 5.69 Å². The molecule has 2 nitrogen and oxygen atoms in total. The third-order valence-corrected chi connectivity index (χ3v) is 4.38. The maximum absolute atomic E-state index is 6.00. The van der Waals surface area contributed by atoms with Crippen molar-refractivity contribution in [2.24, 2.45) is 0 Å². The third kappa shape index (κ3) is 2.29. The fourth-order valence-corrected chi connectivity index (χ4v) is 3.10. The molecule has 0 saturated carbocycles. The minimum Gasteiger partial charge on any atom is -0.398 e. The molecule has 2 N–H and O–H groups in total. The maximum atomic E-state index is 6.00. The van der Waals surface area contributed by atoms with Gasteiger partial charge in [0.05, 0.1) is 0 Å². The van der Waals surface area contributed by atoms with Crippen LogP contribution in [0.1, 0.15) is 5.56 Å². The summed E-state index contributed by atoms with van der Waals surface area (Å²) in [5, 5.41) is 2.17. The highest BCUT2D eigenvalue weighted by molar-refractivity contribution is 7.99. The molecule has 0 aliphatic rings. The van der Waals surface area contributed by atoms with Crippen molar-refractivity contribution in [3.63, 3.8) is 0 Å². The molecule has 0 atom stereocenters. The Bertz CT molecular complexity index is 738. The van der Waals surface area contributed by atoms with E-state index in [4.69, 9.17) is 5.73 Å². The first-order valence-electron chi connectivity index (χ1n) is 6.11. The van der Waals surface area contributed by atoms with Crippen molar-refractivity contribution in [2.45, 2.75) is 16.7 Å². The van der Waals surface area contributed by atoms with Gasteiger partial charge in [0, 0.05) is 38.6 Å². The van der Waals surface area contributed by atoms with Crippen LogP contribution in [0.25, 0.3) is 10.8 Å². The van der Waals surface area contributed by atoms with Gasteiger partial charge in [-0.15, -0.1) is 0 Å². The van der Waals surface area contributed by atoms with Gasteiger partial charge in [0.1, 0.15) is 0 Å². The van der Waals surface area contributed by atoms with Gasteiger partial charge in [-0.25, -0.2) is 0 Å².